The molecule has 38 heavy (non-hydrogen) atoms. The van der Waals surface area contributed by atoms with Crippen LogP contribution in [0.3, 0.4) is 0 Å². The van der Waals surface area contributed by atoms with Gasteiger partial charge < -0.3 is 19.7 Å². The van der Waals surface area contributed by atoms with Crippen molar-refractivity contribution in [3.8, 4) is 11.6 Å². The van der Waals surface area contributed by atoms with E-state index in [1.807, 2.05) is 6.07 Å². The van der Waals surface area contributed by atoms with Crippen molar-refractivity contribution in [2.24, 2.45) is 0 Å². The van der Waals surface area contributed by atoms with E-state index in [2.05, 4.69) is 25.2 Å². The minimum atomic E-state index is -2.91. The van der Waals surface area contributed by atoms with Gasteiger partial charge in [-0.25, -0.2) is 28.1 Å². The van der Waals surface area contributed by atoms with E-state index in [-0.39, 0.29) is 24.4 Å². The summed E-state index contributed by atoms with van der Waals surface area (Å²) in [4.78, 5) is 27.0. The second kappa shape index (κ2) is 12.3. The maximum absolute atomic E-state index is 15.6. The number of pyridine rings is 1. The van der Waals surface area contributed by atoms with Gasteiger partial charge in [-0.1, -0.05) is 6.07 Å². The number of rotatable bonds is 10. The number of hydrogen-bond donors (Lipinski definition) is 1. The van der Waals surface area contributed by atoms with Crippen molar-refractivity contribution in [1.29, 1.82) is 0 Å². The number of hydrogen-bond acceptors (Lipinski definition) is 7. The third-order valence-electron chi connectivity index (χ3n) is 7.13. The van der Waals surface area contributed by atoms with Gasteiger partial charge in [-0.05, 0) is 51.0 Å². The molecule has 0 spiro atoms. The summed E-state index contributed by atoms with van der Waals surface area (Å²) in [6.07, 6.45) is 6.91. The Balaban J connectivity index is 1.17. The van der Waals surface area contributed by atoms with E-state index in [1.165, 1.54) is 12.4 Å². The molecule has 11 heteroatoms. The highest BCUT2D eigenvalue weighted by Crippen LogP contribution is 2.35. The van der Waals surface area contributed by atoms with E-state index >= 15 is 4.39 Å². The number of carbonyl (C=O) groups excluding carboxylic acids is 1. The SMILES string of the molecule is Cc1ncc(OCC(=O)NC2CCC(F)(CCN3CCc4ccc(OCC(C)(F)F)nc4CC3)CC2)cn1. The number of carbonyl (C=O) groups is 1. The highest BCUT2D eigenvalue weighted by atomic mass is 19.3. The molecule has 0 unspecified atom stereocenters. The molecule has 0 aromatic carbocycles. The van der Waals surface area contributed by atoms with Crippen LogP contribution >= 0.6 is 0 Å². The first kappa shape index (κ1) is 28.1. The summed E-state index contributed by atoms with van der Waals surface area (Å²) in [5.41, 5.74) is 0.684. The normalized spacial score (nSPS) is 22.3. The molecule has 0 atom stereocenters. The minimum absolute atomic E-state index is 0.0629. The molecule has 208 valence electrons. The minimum Gasteiger partial charge on any atom is -0.481 e. The zero-order valence-corrected chi connectivity index (χ0v) is 22.0. The lowest BCUT2D eigenvalue weighted by molar-refractivity contribution is -0.124. The van der Waals surface area contributed by atoms with Crippen molar-refractivity contribution in [1.82, 2.24) is 25.2 Å². The summed E-state index contributed by atoms with van der Waals surface area (Å²) >= 11 is 0. The van der Waals surface area contributed by atoms with Crippen molar-refractivity contribution in [2.75, 3.05) is 32.8 Å². The highest BCUT2D eigenvalue weighted by Gasteiger charge is 2.36. The summed E-state index contributed by atoms with van der Waals surface area (Å²) in [7, 11) is 0. The van der Waals surface area contributed by atoms with E-state index in [1.54, 1.807) is 13.0 Å². The fraction of sp³-hybridized carbons (Fsp3) is 0.630. The Kier molecular flexibility index (Phi) is 9.07. The molecule has 1 saturated carbocycles. The molecule has 4 rings (SSSR count). The number of nitrogens with one attached hydrogen (secondary N) is 1. The average molecular weight is 536 g/mol. The largest absolute Gasteiger partial charge is 0.481 e. The highest BCUT2D eigenvalue weighted by molar-refractivity contribution is 5.77. The fourth-order valence-electron chi connectivity index (χ4n) is 4.87. The number of nitrogens with zero attached hydrogens (tertiary/aromatic N) is 4. The van der Waals surface area contributed by atoms with Crippen LogP contribution in [0.5, 0.6) is 11.6 Å². The molecule has 1 aliphatic carbocycles. The van der Waals surface area contributed by atoms with E-state index < -0.39 is 18.2 Å². The molecule has 3 heterocycles. The first-order valence-electron chi connectivity index (χ1n) is 13.2. The van der Waals surface area contributed by atoms with Crippen LogP contribution in [0, 0.1) is 6.92 Å². The summed E-state index contributed by atoms with van der Waals surface area (Å²) in [6.45, 7) is 3.91. The molecule has 1 aliphatic heterocycles. The Hall–Kier alpha value is -2.95. The van der Waals surface area contributed by atoms with Crippen LogP contribution in [0.4, 0.5) is 13.2 Å². The standard InChI is InChI=1S/C27H36F3N5O3/c1-19-31-15-22(16-32-19)37-17-24(36)33-21-5-9-27(30,10-6-21)11-14-35-12-7-20-3-4-25(34-23(20)8-13-35)38-18-26(2,28)29/h3-4,15-16,21H,5-14,17-18H2,1-2H3,(H,33,36). The number of halogens is 3. The molecule has 2 aliphatic rings. The zero-order valence-electron chi connectivity index (χ0n) is 22.0. The third kappa shape index (κ3) is 8.54. The van der Waals surface area contributed by atoms with E-state index in [0.717, 1.165) is 37.7 Å². The van der Waals surface area contributed by atoms with Crippen LogP contribution in [-0.2, 0) is 17.6 Å². The topological polar surface area (TPSA) is 89.5 Å². The molecule has 1 amide bonds. The summed E-state index contributed by atoms with van der Waals surface area (Å²) in [5.74, 6) is -1.89. The molecule has 2 aromatic heterocycles. The van der Waals surface area contributed by atoms with E-state index in [4.69, 9.17) is 9.47 Å². The smallest absolute Gasteiger partial charge is 0.278 e. The number of amides is 1. The van der Waals surface area contributed by atoms with E-state index in [0.29, 0.717) is 56.6 Å². The summed E-state index contributed by atoms with van der Waals surface area (Å²) in [5, 5.41) is 2.94. The van der Waals surface area contributed by atoms with Crippen LogP contribution < -0.4 is 14.8 Å². The molecule has 0 saturated heterocycles. The van der Waals surface area contributed by atoms with Crippen molar-refractivity contribution in [3.05, 3.63) is 41.6 Å². The van der Waals surface area contributed by atoms with Crippen molar-refractivity contribution < 1.29 is 27.4 Å². The lowest BCUT2D eigenvalue weighted by Gasteiger charge is -2.35. The zero-order chi connectivity index (χ0) is 27.2. The van der Waals surface area contributed by atoms with Crippen LogP contribution in [0.1, 0.15) is 56.1 Å². The van der Waals surface area contributed by atoms with Crippen LogP contribution in [0.2, 0.25) is 0 Å². The molecule has 0 radical (unpaired) electrons. The predicted octanol–water partition coefficient (Wildman–Crippen LogP) is 3.85. The van der Waals surface area contributed by atoms with Gasteiger partial charge in [-0.15, -0.1) is 0 Å². The van der Waals surface area contributed by atoms with Gasteiger partial charge in [0.05, 0.1) is 12.4 Å². The molecule has 0 bridgehead atoms. The maximum Gasteiger partial charge on any atom is 0.278 e. The molecular formula is C27H36F3N5O3. The third-order valence-corrected chi connectivity index (χ3v) is 7.13. The first-order chi connectivity index (χ1) is 18.1. The molecular weight excluding hydrogens is 499 g/mol. The predicted molar refractivity (Wildman–Crippen MR) is 135 cm³/mol. The summed E-state index contributed by atoms with van der Waals surface area (Å²) in [6, 6.07) is 3.46. The quantitative estimate of drug-likeness (QED) is 0.494. The lowest BCUT2D eigenvalue weighted by atomic mass is 9.81. The molecule has 1 N–H and O–H groups in total. The average Bonchev–Trinajstić information content (AvgIpc) is 3.09. The van der Waals surface area contributed by atoms with Crippen LogP contribution in [0.25, 0.3) is 0 Å². The van der Waals surface area contributed by atoms with Crippen LogP contribution in [0.15, 0.2) is 24.5 Å². The Morgan fingerprint density at radius 1 is 1.16 bits per heavy atom. The van der Waals surface area contributed by atoms with Gasteiger partial charge in [0.2, 0.25) is 5.88 Å². The lowest BCUT2D eigenvalue weighted by Crippen LogP contribution is -2.44. The molecule has 8 nitrogen and oxygen atoms in total. The van der Waals surface area contributed by atoms with Gasteiger partial charge in [0.25, 0.3) is 11.8 Å². The second-order valence-electron chi connectivity index (χ2n) is 10.5. The fourth-order valence-corrected chi connectivity index (χ4v) is 4.87. The Morgan fingerprint density at radius 3 is 2.58 bits per heavy atom. The first-order valence-corrected chi connectivity index (χ1v) is 13.2. The number of alkyl halides is 3. The second-order valence-corrected chi connectivity index (χ2v) is 10.5. The monoisotopic (exact) mass is 535 g/mol. The van der Waals surface area contributed by atoms with Crippen LogP contribution in [-0.4, -0.2) is 76.2 Å². The van der Waals surface area contributed by atoms with Crippen molar-refractivity contribution in [2.45, 2.75) is 76.4 Å². The molecule has 1 fully saturated rings. The van der Waals surface area contributed by atoms with Gasteiger partial charge in [0, 0.05) is 50.8 Å². The number of aromatic nitrogens is 3. The summed E-state index contributed by atoms with van der Waals surface area (Å²) < 4.78 is 52.3. The number of aryl methyl sites for hydroxylation is 1. The molecule has 2 aromatic rings. The van der Waals surface area contributed by atoms with Crippen molar-refractivity contribution >= 4 is 5.91 Å². The maximum atomic E-state index is 15.6. The van der Waals surface area contributed by atoms with Gasteiger partial charge >= 0.3 is 0 Å². The van der Waals surface area contributed by atoms with Gasteiger partial charge in [-0.2, -0.15) is 0 Å². The van der Waals surface area contributed by atoms with Gasteiger partial charge in [0.1, 0.15) is 11.5 Å². The Labute approximate surface area is 221 Å². The van der Waals surface area contributed by atoms with Crippen molar-refractivity contribution in [3.63, 3.8) is 0 Å². The number of ether oxygens (including phenoxy) is 2. The van der Waals surface area contributed by atoms with E-state index in [9.17, 15) is 13.6 Å². The Bertz CT molecular complexity index is 1070. The van der Waals surface area contributed by atoms with Gasteiger partial charge in [-0.3, -0.25) is 4.79 Å². The number of fused-ring (bicyclic) bond motifs is 1. The van der Waals surface area contributed by atoms with Gasteiger partial charge in [0.15, 0.2) is 19.0 Å². The Morgan fingerprint density at radius 2 is 1.87 bits per heavy atom.